The summed E-state index contributed by atoms with van der Waals surface area (Å²) in [6.07, 6.45) is 2.16. The fourth-order valence-electron chi connectivity index (χ4n) is 6.53. The van der Waals surface area contributed by atoms with Gasteiger partial charge in [0.1, 0.15) is 6.04 Å². The van der Waals surface area contributed by atoms with Crippen molar-refractivity contribution in [3.63, 3.8) is 0 Å². The van der Waals surface area contributed by atoms with Gasteiger partial charge in [0.25, 0.3) is 0 Å². The van der Waals surface area contributed by atoms with Gasteiger partial charge >= 0.3 is 0 Å². The number of nitrogens with one attached hydrogen (secondary N) is 2. The van der Waals surface area contributed by atoms with Crippen molar-refractivity contribution in [3.8, 4) is 0 Å². The molecule has 7 atom stereocenters. The van der Waals surface area contributed by atoms with Gasteiger partial charge in [0.15, 0.2) is 0 Å². The molecule has 0 aliphatic carbocycles. The van der Waals surface area contributed by atoms with Crippen molar-refractivity contribution in [2.24, 2.45) is 17.8 Å². The lowest BCUT2D eigenvalue weighted by atomic mass is 9.70. The summed E-state index contributed by atoms with van der Waals surface area (Å²) in [7, 11) is 0. The van der Waals surface area contributed by atoms with Crippen LogP contribution >= 0.6 is 23.4 Å². The predicted octanol–water partition coefficient (Wildman–Crippen LogP) is 4.09. The Morgan fingerprint density at radius 3 is 2.55 bits per heavy atom. The van der Waals surface area contributed by atoms with Crippen molar-refractivity contribution < 1.29 is 19.5 Å². The van der Waals surface area contributed by atoms with Crippen LogP contribution in [-0.2, 0) is 20.9 Å². The van der Waals surface area contributed by atoms with Gasteiger partial charge in [-0.05, 0) is 36.5 Å². The van der Waals surface area contributed by atoms with Crippen LogP contribution in [0.1, 0.15) is 38.7 Å². The van der Waals surface area contributed by atoms with Crippen LogP contribution in [-0.4, -0.2) is 56.4 Å². The summed E-state index contributed by atoms with van der Waals surface area (Å²) in [5.41, 5.74) is 1.46. The summed E-state index contributed by atoms with van der Waals surface area (Å²) in [4.78, 5) is 43.4. The number of para-hydroxylation sites is 1. The van der Waals surface area contributed by atoms with Crippen LogP contribution < -0.4 is 10.6 Å². The number of carbonyl (C=O) groups excluding carboxylic acids is 3. The quantitative estimate of drug-likeness (QED) is 0.433. The molecule has 2 unspecified atom stereocenters. The van der Waals surface area contributed by atoms with E-state index < -0.39 is 28.7 Å². The smallest absolute Gasteiger partial charge is 0.248 e. The van der Waals surface area contributed by atoms with Crippen LogP contribution in [0.5, 0.6) is 0 Å². The maximum Gasteiger partial charge on any atom is 0.248 e. The molecule has 9 heteroatoms. The molecule has 38 heavy (non-hydrogen) atoms. The topological polar surface area (TPSA) is 98.7 Å². The van der Waals surface area contributed by atoms with Crippen LogP contribution in [0.15, 0.2) is 54.6 Å². The number of fused-ring (bicyclic) bond motifs is 1. The van der Waals surface area contributed by atoms with Gasteiger partial charge in [-0.3, -0.25) is 14.4 Å². The predicted molar refractivity (Wildman–Crippen MR) is 150 cm³/mol. The van der Waals surface area contributed by atoms with Crippen LogP contribution in [0.2, 0.25) is 5.02 Å². The maximum atomic E-state index is 14.2. The van der Waals surface area contributed by atoms with E-state index in [9.17, 15) is 19.5 Å². The van der Waals surface area contributed by atoms with Crippen molar-refractivity contribution >= 4 is 46.8 Å². The van der Waals surface area contributed by atoms with Crippen molar-refractivity contribution in [1.82, 2.24) is 10.2 Å². The molecule has 7 nitrogen and oxygen atoms in total. The molecule has 2 aromatic carbocycles. The molecular formula is C29H34ClN3O4S. The van der Waals surface area contributed by atoms with E-state index in [1.165, 1.54) is 0 Å². The third-order valence-corrected chi connectivity index (χ3v) is 10.9. The molecule has 2 bridgehead atoms. The van der Waals surface area contributed by atoms with Gasteiger partial charge < -0.3 is 20.6 Å². The Bertz CT molecular complexity index is 1210. The number of benzene rings is 2. The number of likely N-dealkylation sites (tertiary alicyclic amines) is 1. The van der Waals surface area contributed by atoms with Crippen molar-refractivity contribution in [3.05, 3.63) is 65.2 Å². The lowest BCUT2D eigenvalue weighted by Crippen LogP contribution is -2.56. The van der Waals surface area contributed by atoms with E-state index >= 15 is 0 Å². The molecule has 3 aliphatic rings. The highest BCUT2D eigenvalue weighted by molar-refractivity contribution is 8.02. The van der Waals surface area contributed by atoms with E-state index in [1.807, 2.05) is 44.2 Å². The van der Waals surface area contributed by atoms with Gasteiger partial charge in [-0.1, -0.05) is 74.3 Å². The molecule has 3 fully saturated rings. The molecule has 3 saturated heterocycles. The second-order valence-corrected chi connectivity index (χ2v) is 12.6. The third kappa shape index (κ3) is 4.50. The molecule has 2 aromatic rings. The van der Waals surface area contributed by atoms with Crippen molar-refractivity contribution in [2.75, 3.05) is 11.9 Å². The summed E-state index contributed by atoms with van der Waals surface area (Å²) >= 11 is 7.96. The normalized spacial score (nSPS) is 29.2. The highest BCUT2D eigenvalue weighted by Crippen LogP contribution is 2.66. The fraction of sp³-hybridized carbons (Fsp3) is 0.483. The van der Waals surface area contributed by atoms with Crippen LogP contribution in [0.25, 0.3) is 0 Å². The number of rotatable bonds is 9. The standard InChI is InChI=1S/C29H34ClN3O4S/c1-3-17(2)21(16-34)33-25(27(36)32-20-12-8-7-11-19(20)30)29-14-13-22(38-29)23(24(29)28(33)37)26(35)31-15-18-9-5-4-6-10-18/h4-12,17,21-25,34H,3,13-16H2,1-2H3,(H,31,35)(H,32,36)/t17-,21-,22-,23+,24-,25?,29?/m0/s1. The van der Waals surface area contributed by atoms with Gasteiger partial charge in [-0.2, -0.15) is 0 Å². The summed E-state index contributed by atoms with van der Waals surface area (Å²) in [5, 5.41) is 16.8. The molecular weight excluding hydrogens is 522 g/mol. The molecule has 0 saturated carbocycles. The molecule has 0 aromatic heterocycles. The summed E-state index contributed by atoms with van der Waals surface area (Å²) < 4.78 is -0.733. The Morgan fingerprint density at radius 1 is 1.16 bits per heavy atom. The number of anilines is 1. The van der Waals surface area contributed by atoms with E-state index in [-0.39, 0.29) is 35.5 Å². The molecule has 0 radical (unpaired) electrons. The van der Waals surface area contributed by atoms with Crippen molar-refractivity contribution in [1.29, 1.82) is 0 Å². The Labute approximate surface area is 232 Å². The lowest BCUT2D eigenvalue weighted by molar-refractivity contribution is -0.143. The summed E-state index contributed by atoms with van der Waals surface area (Å²) in [5.74, 6) is -1.86. The molecule has 3 N–H and O–H groups in total. The first-order valence-electron chi connectivity index (χ1n) is 13.3. The number of hydrogen-bond donors (Lipinski definition) is 3. The minimum Gasteiger partial charge on any atom is -0.394 e. The Morgan fingerprint density at radius 2 is 1.87 bits per heavy atom. The highest BCUT2D eigenvalue weighted by Gasteiger charge is 2.74. The zero-order valence-electron chi connectivity index (χ0n) is 21.6. The SMILES string of the molecule is CC[C@H](C)[C@H](CO)N1C(=O)[C@@H]2[C@H](C(=O)NCc3ccccc3)[C@@H]3CCC2(S3)C1C(=O)Nc1ccccc1Cl. The van der Waals surface area contributed by atoms with Crippen molar-refractivity contribution in [2.45, 2.75) is 61.7 Å². The molecule has 5 rings (SSSR count). The molecule has 3 aliphatic heterocycles. The number of hydrogen-bond acceptors (Lipinski definition) is 5. The number of aliphatic hydroxyl groups excluding tert-OH is 1. The minimum absolute atomic E-state index is 0.0256. The van der Waals surface area contributed by atoms with E-state index in [0.717, 1.165) is 18.4 Å². The van der Waals surface area contributed by atoms with Crippen LogP contribution in [0.3, 0.4) is 0 Å². The van der Waals surface area contributed by atoms with Gasteiger partial charge in [0.05, 0.1) is 39.9 Å². The Kier molecular flexibility index (Phi) is 7.76. The van der Waals surface area contributed by atoms with E-state index in [1.54, 1.807) is 40.9 Å². The number of halogens is 1. The number of carbonyl (C=O) groups is 3. The molecule has 202 valence electrons. The largest absolute Gasteiger partial charge is 0.394 e. The molecule has 3 heterocycles. The first kappa shape index (κ1) is 27.0. The number of aliphatic hydroxyl groups is 1. The average molecular weight is 556 g/mol. The third-order valence-electron chi connectivity index (χ3n) is 8.58. The van der Waals surface area contributed by atoms with Gasteiger partial charge in [-0.15, -0.1) is 11.8 Å². The fourth-order valence-corrected chi connectivity index (χ4v) is 8.92. The first-order valence-corrected chi connectivity index (χ1v) is 14.6. The zero-order valence-corrected chi connectivity index (χ0v) is 23.2. The number of nitrogens with zero attached hydrogens (tertiary/aromatic N) is 1. The summed E-state index contributed by atoms with van der Waals surface area (Å²) in [6.45, 7) is 4.12. The van der Waals surface area contributed by atoms with E-state index in [2.05, 4.69) is 10.6 Å². The number of amides is 3. The molecule has 3 amide bonds. The monoisotopic (exact) mass is 555 g/mol. The van der Waals surface area contributed by atoms with Gasteiger partial charge in [0.2, 0.25) is 17.7 Å². The Balaban J connectivity index is 1.49. The molecule has 1 spiro atoms. The second-order valence-electron chi connectivity index (χ2n) is 10.6. The van der Waals surface area contributed by atoms with Gasteiger partial charge in [-0.25, -0.2) is 0 Å². The number of thioether (sulfide) groups is 1. The van der Waals surface area contributed by atoms with Gasteiger partial charge in [0, 0.05) is 11.8 Å². The lowest BCUT2D eigenvalue weighted by Gasteiger charge is -2.39. The minimum atomic E-state index is -0.815. The van der Waals surface area contributed by atoms with E-state index in [0.29, 0.717) is 23.7 Å². The first-order chi connectivity index (χ1) is 18.3. The second kappa shape index (κ2) is 10.9. The highest BCUT2D eigenvalue weighted by atomic mass is 35.5. The zero-order chi connectivity index (χ0) is 27.0. The van der Waals surface area contributed by atoms with E-state index in [4.69, 9.17) is 11.6 Å². The van der Waals surface area contributed by atoms with Crippen LogP contribution in [0.4, 0.5) is 5.69 Å². The maximum absolute atomic E-state index is 14.2. The van der Waals surface area contributed by atoms with Crippen LogP contribution in [0, 0.1) is 17.8 Å². The Hall–Kier alpha value is -2.55. The average Bonchev–Trinajstić information content (AvgIpc) is 3.57. The summed E-state index contributed by atoms with van der Waals surface area (Å²) in [6, 6.07) is 15.3.